The van der Waals surface area contributed by atoms with Gasteiger partial charge in [-0.2, -0.15) is 16.8 Å². The average molecular weight is 623 g/mol. The predicted molar refractivity (Wildman–Crippen MR) is 173 cm³/mol. The van der Waals surface area contributed by atoms with E-state index in [-0.39, 0.29) is 32.8 Å². The number of aliphatic hydroxyl groups is 3. The van der Waals surface area contributed by atoms with Crippen LogP contribution in [-0.2, 0) is 23.1 Å². The normalized spacial score (nSPS) is 28.1. The van der Waals surface area contributed by atoms with E-state index in [1.165, 1.54) is 11.1 Å². The first kappa shape index (κ1) is 41.6. The van der Waals surface area contributed by atoms with Crippen molar-refractivity contribution in [2.45, 2.75) is 80.6 Å². The molecule has 0 unspecified atom stereocenters. The van der Waals surface area contributed by atoms with Crippen LogP contribution in [0, 0.1) is 29.6 Å². The summed E-state index contributed by atoms with van der Waals surface area (Å²) in [6.07, 6.45) is 4.55. The molecule has 0 bridgehead atoms. The lowest BCUT2D eigenvalue weighted by molar-refractivity contribution is 0.0116. The Bertz CT molecular complexity index is 1050. The molecule has 4 rings (SSSR count). The number of hydrogen-bond donors (Lipinski definition) is 3. The van der Waals surface area contributed by atoms with Crippen LogP contribution < -0.4 is 0 Å². The van der Waals surface area contributed by atoms with Gasteiger partial charge in [0.2, 0.25) is 0 Å². The van der Waals surface area contributed by atoms with Crippen LogP contribution in [0.1, 0.15) is 73.4 Å². The SMILES string of the molecule is C.C.C[C@@H]1[C@H](C)[C@H](C)C(c2ccccc2)=CC[C@H]1O.C[C@@H]1[C@H](O)[C@H](C)C(c2ccccc2)=CC[C@H]1O.O=S=O.O=S=O. The lowest BCUT2D eigenvalue weighted by Gasteiger charge is -2.27. The van der Waals surface area contributed by atoms with E-state index >= 15 is 0 Å². The number of rotatable bonds is 2. The molecule has 2 aromatic carbocycles. The molecule has 236 valence electrons. The Labute approximate surface area is 260 Å². The third-order valence-corrected chi connectivity index (χ3v) is 8.24. The van der Waals surface area contributed by atoms with E-state index in [2.05, 4.69) is 69.3 Å². The van der Waals surface area contributed by atoms with Crippen molar-refractivity contribution in [2.75, 3.05) is 0 Å². The summed E-state index contributed by atoms with van der Waals surface area (Å²) in [7, 11) is 0. The Kier molecular flexibility index (Phi) is 21.8. The minimum absolute atomic E-state index is 0. The highest BCUT2D eigenvalue weighted by molar-refractivity contribution is 7.51. The molecule has 2 aromatic rings. The minimum atomic E-state index is -0.750. The van der Waals surface area contributed by atoms with E-state index in [4.69, 9.17) is 16.8 Å². The van der Waals surface area contributed by atoms with Gasteiger partial charge in [-0.05, 0) is 52.9 Å². The van der Waals surface area contributed by atoms with Crippen molar-refractivity contribution in [3.63, 3.8) is 0 Å². The van der Waals surface area contributed by atoms with Crippen LogP contribution in [-0.4, -0.2) is 50.5 Å². The Hall–Kier alpha value is -2.56. The molecule has 0 aromatic heterocycles. The summed E-state index contributed by atoms with van der Waals surface area (Å²) in [6, 6.07) is 20.6. The lowest BCUT2D eigenvalue weighted by atomic mass is 9.79. The van der Waals surface area contributed by atoms with Gasteiger partial charge in [0.25, 0.3) is 0 Å². The highest BCUT2D eigenvalue weighted by atomic mass is 32.1. The molecule has 2 aliphatic carbocycles. The zero-order valence-electron chi connectivity index (χ0n) is 23.8. The van der Waals surface area contributed by atoms with Crippen LogP contribution >= 0.6 is 0 Å². The molecule has 3 N–H and O–H groups in total. The van der Waals surface area contributed by atoms with E-state index in [1.807, 2.05) is 38.1 Å². The van der Waals surface area contributed by atoms with Crippen molar-refractivity contribution in [1.29, 1.82) is 0 Å². The lowest BCUT2D eigenvalue weighted by Crippen LogP contribution is -2.32. The zero-order valence-corrected chi connectivity index (χ0v) is 25.4. The molecule has 0 amide bonds. The third-order valence-electron chi connectivity index (χ3n) is 8.24. The van der Waals surface area contributed by atoms with Gasteiger partial charge in [0.1, 0.15) is 0 Å². The molecule has 0 radical (unpaired) electrons. The van der Waals surface area contributed by atoms with Crippen molar-refractivity contribution in [3.05, 3.63) is 83.9 Å². The van der Waals surface area contributed by atoms with Crippen LogP contribution in [0.4, 0.5) is 0 Å². The number of hydrogen-bond acceptors (Lipinski definition) is 7. The fourth-order valence-electron chi connectivity index (χ4n) is 5.28. The van der Waals surface area contributed by atoms with Gasteiger partial charge in [0, 0.05) is 11.8 Å². The Morgan fingerprint density at radius 2 is 0.881 bits per heavy atom. The number of aliphatic hydroxyl groups excluding tert-OH is 3. The largest absolute Gasteiger partial charge is 0.393 e. The van der Waals surface area contributed by atoms with Gasteiger partial charge in [-0.3, -0.25) is 0 Å². The molecule has 0 spiro atoms. The first-order chi connectivity index (χ1) is 19.0. The van der Waals surface area contributed by atoms with Gasteiger partial charge < -0.3 is 15.3 Å². The molecule has 0 aliphatic heterocycles. The average Bonchev–Trinajstić information content (AvgIpc) is 3.12. The predicted octanol–water partition coefficient (Wildman–Crippen LogP) is 6.14. The summed E-state index contributed by atoms with van der Waals surface area (Å²) >= 11 is -1.50. The van der Waals surface area contributed by atoms with E-state index in [0.29, 0.717) is 24.2 Å². The summed E-state index contributed by atoms with van der Waals surface area (Å²) in [4.78, 5) is 0. The van der Waals surface area contributed by atoms with Crippen LogP contribution in [0.2, 0.25) is 0 Å². The van der Waals surface area contributed by atoms with Gasteiger partial charge in [0.05, 0.1) is 18.3 Å². The molecule has 0 saturated heterocycles. The fourth-order valence-corrected chi connectivity index (χ4v) is 5.28. The monoisotopic (exact) mass is 622 g/mol. The van der Waals surface area contributed by atoms with Gasteiger partial charge in [-0.15, -0.1) is 0 Å². The standard InChI is InChI=1S/C16H22O.C15H20O2.2CH4.2O2S/c1-11-12(2)15(9-10-16(17)13(11)3)14-7-5-4-6-8-14;1-10-13(12-6-4-3-5-7-12)8-9-14(16)11(2)15(10)17;;;2*1-3-2/h4-9,11-13,16-17H,10H2,1-3H3;3-8,10-11,14-17H,9H2,1-2H3;2*1H4;;/t11-,12+,13-,16-;10-,11+,14-,15-;;;;/m11..../s1. The second-order valence-electron chi connectivity index (χ2n) is 10.4. The van der Waals surface area contributed by atoms with E-state index in [0.717, 1.165) is 17.6 Å². The quantitative estimate of drug-likeness (QED) is 0.367. The maximum atomic E-state index is 10.2. The summed E-state index contributed by atoms with van der Waals surface area (Å²) in [6.45, 7) is 10.6. The van der Waals surface area contributed by atoms with Crippen LogP contribution in [0.25, 0.3) is 11.1 Å². The number of allylic oxidation sites excluding steroid dienone is 1. The van der Waals surface area contributed by atoms with Gasteiger partial charge in [0.15, 0.2) is 0 Å². The summed E-state index contributed by atoms with van der Waals surface area (Å²) < 4.78 is 33.2. The third kappa shape index (κ3) is 12.4. The van der Waals surface area contributed by atoms with Crippen molar-refractivity contribution in [2.24, 2.45) is 29.6 Å². The van der Waals surface area contributed by atoms with Crippen molar-refractivity contribution in [3.8, 4) is 0 Å². The fraction of sp³-hybridized carbons (Fsp3) is 0.515. The van der Waals surface area contributed by atoms with Crippen LogP contribution in [0.3, 0.4) is 0 Å². The van der Waals surface area contributed by atoms with Gasteiger partial charge in [-0.1, -0.05) is 122 Å². The maximum Gasteiger partial charge on any atom is 0.335 e. The van der Waals surface area contributed by atoms with E-state index in [9.17, 15) is 15.3 Å². The molecule has 9 heteroatoms. The molecular formula is C33H50O7S2. The second-order valence-corrected chi connectivity index (χ2v) is 10.7. The Morgan fingerprint density at radius 1 is 0.548 bits per heavy atom. The molecule has 0 fully saturated rings. The summed E-state index contributed by atoms with van der Waals surface area (Å²) in [5.41, 5.74) is 4.97. The zero-order chi connectivity index (χ0) is 30.2. The van der Waals surface area contributed by atoms with Crippen molar-refractivity contribution < 1.29 is 32.2 Å². The Morgan fingerprint density at radius 3 is 1.26 bits per heavy atom. The second kappa shape index (κ2) is 22.0. The highest BCUT2D eigenvalue weighted by Crippen LogP contribution is 2.38. The Balaban J connectivity index is 0. The van der Waals surface area contributed by atoms with E-state index in [1.54, 1.807) is 0 Å². The maximum absolute atomic E-state index is 10.2. The highest BCUT2D eigenvalue weighted by Gasteiger charge is 2.32. The van der Waals surface area contributed by atoms with Gasteiger partial charge >= 0.3 is 23.1 Å². The van der Waals surface area contributed by atoms with Crippen LogP contribution in [0.15, 0.2) is 72.8 Å². The topological polar surface area (TPSA) is 129 Å². The van der Waals surface area contributed by atoms with Crippen molar-refractivity contribution in [1.82, 2.24) is 0 Å². The molecule has 0 heterocycles. The molecule has 7 nitrogen and oxygen atoms in total. The van der Waals surface area contributed by atoms with Crippen molar-refractivity contribution >= 4 is 34.3 Å². The molecule has 2 aliphatic rings. The minimum Gasteiger partial charge on any atom is -0.393 e. The molecule has 0 saturated carbocycles. The van der Waals surface area contributed by atoms with Gasteiger partial charge in [-0.25, -0.2) is 0 Å². The summed E-state index contributed by atoms with van der Waals surface area (Å²) in [5.74, 6) is 1.36. The molecule has 42 heavy (non-hydrogen) atoms. The van der Waals surface area contributed by atoms with Crippen LogP contribution in [0.5, 0.6) is 0 Å². The number of benzene rings is 2. The summed E-state index contributed by atoms with van der Waals surface area (Å²) in [5, 5.41) is 30.2. The molecule has 8 atom stereocenters. The molecular weight excluding hydrogens is 572 g/mol. The smallest absolute Gasteiger partial charge is 0.335 e. The first-order valence-electron chi connectivity index (χ1n) is 13.4. The van der Waals surface area contributed by atoms with E-state index < -0.39 is 35.4 Å². The first-order valence-corrected chi connectivity index (χ1v) is 14.8.